The van der Waals surface area contributed by atoms with Crippen LogP contribution in [0.3, 0.4) is 0 Å². The first-order valence-electron chi connectivity index (χ1n) is 7.00. The molecule has 5 nitrogen and oxygen atoms in total. The number of rotatable bonds is 6. The normalized spacial score (nSPS) is 14.1. The number of tetrazole rings is 1. The zero-order valence-electron chi connectivity index (χ0n) is 12.3. The van der Waals surface area contributed by atoms with E-state index in [9.17, 15) is 0 Å². The van der Waals surface area contributed by atoms with Crippen molar-refractivity contribution in [3.63, 3.8) is 0 Å². The Bertz CT molecular complexity index is 599. The largest absolute Gasteiger partial charge is 0.307 e. The molecule has 7 heteroatoms. The maximum atomic E-state index is 6.27. The zero-order valence-corrected chi connectivity index (χ0v) is 13.9. The molecule has 0 saturated heterocycles. The van der Waals surface area contributed by atoms with Crippen molar-refractivity contribution >= 4 is 23.2 Å². The van der Waals surface area contributed by atoms with Crippen molar-refractivity contribution < 1.29 is 0 Å². The van der Waals surface area contributed by atoms with Crippen molar-refractivity contribution in [3.8, 4) is 0 Å². The SMILES string of the molecule is CCCNC(C)c1nnnn1C(C)c1ccc(Cl)cc1Cl. The van der Waals surface area contributed by atoms with Crippen molar-refractivity contribution in [2.24, 2.45) is 0 Å². The highest BCUT2D eigenvalue weighted by atomic mass is 35.5. The number of nitrogens with zero attached hydrogens (tertiary/aromatic N) is 4. The topological polar surface area (TPSA) is 55.6 Å². The minimum Gasteiger partial charge on any atom is -0.307 e. The molecule has 0 aliphatic carbocycles. The Morgan fingerprint density at radius 2 is 2.05 bits per heavy atom. The first-order chi connectivity index (χ1) is 10.0. The van der Waals surface area contributed by atoms with Gasteiger partial charge in [-0.25, -0.2) is 4.68 Å². The van der Waals surface area contributed by atoms with Gasteiger partial charge in [-0.05, 0) is 54.9 Å². The number of hydrogen-bond acceptors (Lipinski definition) is 4. The van der Waals surface area contributed by atoms with Crippen molar-refractivity contribution in [1.82, 2.24) is 25.5 Å². The summed E-state index contributed by atoms with van der Waals surface area (Å²) in [6, 6.07) is 5.48. The molecule has 114 valence electrons. The van der Waals surface area contributed by atoms with Gasteiger partial charge in [-0.3, -0.25) is 0 Å². The Balaban J connectivity index is 2.27. The molecule has 0 radical (unpaired) electrons. The van der Waals surface area contributed by atoms with Crippen LogP contribution in [0.1, 0.15) is 50.7 Å². The van der Waals surface area contributed by atoms with Crippen molar-refractivity contribution in [3.05, 3.63) is 39.6 Å². The third-order valence-corrected chi connectivity index (χ3v) is 3.95. The number of hydrogen-bond donors (Lipinski definition) is 1. The van der Waals surface area contributed by atoms with E-state index < -0.39 is 0 Å². The van der Waals surface area contributed by atoms with Crippen LogP contribution in [0.2, 0.25) is 10.0 Å². The Morgan fingerprint density at radius 1 is 1.29 bits per heavy atom. The fraction of sp³-hybridized carbons (Fsp3) is 0.500. The van der Waals surface area contributed by atoms with Gasteiger partial charge in [0.2, 0.25) is 0 Å². The van der Waals surface area contributed by atoms with Gasteiger partial charge in [0.25, 0.3) is 0 Å². The van der Waals surface area contributed by atoms with Gasteiger partial charge in [0, 0.05) is 10.0 Å². The highest BCUT2D eigenvalue weighted by molar-refractivity contribution is 6.35. The summed E-state index contributed by atoms with van der Waals surface area (Å²) in [7, 11) is 0. The van der Waals surface area contributed by atoms with Gasteiger partial charge >= 0.3 is 0 Å². The molecule has 0 bridgehead atoms. The quantitative estimate of drug-likeness (QED) is 0.879. The van der Waals surface area contributed by atoms with Gasteiger partial charge in [-0.1, -0.05) is 36.2 Å². The lowest BCUT2D eigenvalue weighted by Gasteiger charge is -2.18. The molecule has 0 spiro atoms. The number of aromatic nitrogens is 4. The predicted molar refractivity (Wildman–Crippen MR) is 84.8 cm³/mol. The molecule has 0 aliphatic rings. The van der Waals surface area contributed by atoms with Crippen LogP contribution in [0.25, 0.3) is 0 Å². The Hall–Kier alpha value is -1.17. The lowest BCUT2D eigenvalue weighted by atomic mass is 10.1. The van der Waals surface area contributed by atoms with Gasteiger partial charge < -0.3 is 5.32 Å². The van der Waals surface area contributed by atoms with Crippen molar-refractivity contribution in [1.29, 1.82) is 0 Å². The summed E-state index contributed by atoms with van der Waals surface area (Å²) in [4.78, 5) is 0. The van der Waals surface area contributed by atoms with Crippen molar-refractivity contribution in [2.45, 2.75) is 39.3 Å². The zero-order chi connectivity index (χ0) is 15.4. The van der Waals surface area contributed by atoms with Crippen LogP contribution in [0.15, 0.2) is 18.2 Å². The first kappa shape index (κ1) is 16.2. The number of halogens is 2. The molecule has 0 fully saturated rings. The Labute approximate surface area is 134 Å². The molecular weight excluding hydrogens is 309 g/mol. The van der Waals surface area contributed by atoms with Crippen LogP contribution < -0.4 is 5.32 Å². The van der Waals surface area contributed by atoms with Crippen LogP contribution in [-0.2, 0) is 0 Å². The van der Waals surface area contributed by atoms with E-state index in [2.05, 4.69) is 27.8 Å². The molecule has 2 aromatic rings. The number of benzene rings is 1. The average Bonchev–Trinajstić information content (AvgIpc) is 2.93. The van der Waals surface area contributed by atoms with Gasteiger partial charge in [-0.2, -0.15) is 0 Å². The maximum absolute atomic E-state index is 6.27. The minimum atomic E-state index is -0.0642. The molecule has 0 amide bonds. The molecule has 1 N–H and O–H groups in total. The smallest absolute Gasteiger partial charge is 0.168 e. The molecule has 1 heterocycles. The van der Waals surface area contributed by atoms with Crippen LogP contribution >= 0.6 is 23.2 Å². The van der Waals surface area contributed by atoms with Gasteiger partial charge in [-0.15, -0.1) is 5.10 Å². The van der Waals surface area contributed by atoms with Gasteiger partial charge in [0.15, 0.2) is 5.82 Å². The predicted octanol–water partition coefficient (Wildman–Crippen LogP) is 3.65. The van der Waals surface area contributed by atoms with Crippen LogP contribution in [-0.4, -0.2) is 26.8 Å². The van der Waals surface area contributed by atoms with Gasteiger partial charge in [0.1, 0.15) is 0 Å². The molecule has 2 unspecified atom stereocenters. The molecule has 1 aromatic carbocycles. The third-order valence-electron chi connectivity index (χ3n) is 3.39. The summed E-state index contributed by atoms with van der Waals surface area (Å²) in [6.07, 6.45) is 1.06. The van der Waals surface area contributed by atoms with E-state index in [0.717, 1.165) is 24.4 Å². The second-order valence-electron chi connectivity index (χ2n) is 5.00. The highest BCUT2D eigenvalue weighted by Gasteiger charge is 2.20. The van der Waals surface area contributed by atoms with E-state index in [0.29, 0.717) is 10.0 Å². The van der Waals surface area contributed by atoms with Crippen molar-refractivity contribution in [2.75, 3.05) is 6.54 Å². The van der Waals surface area contributed by atoms with E-state index in [1.807, 2.05) is 26.0 Å². The lowest BCUT2D eigenvalue weighted by Crippen LogP contribution is -2.24. The number of nitrogens with one attached hydrogen (secondary N) is 1. The summed E-state index contributed by atoms with van der Waals surface area (Å²) in [5.41, 5.74) is 0.942. The second kappa shape index (κ2) is 7.20. The van der Waals surface area contributed by atoms with E-state index >= 15 is 0 Å². The molecule has 21 heavy (non-hydrogen) atoms. The molecule has 0 saturated carbocycles. The monoisotopic (exact) mass is 327 g/mol. The molecule has 2 rings (SSSR count). The van der Waals surface area contributed by atoms with E-state index in [-0.39, 0.29) is 12.1 Å². The second-order valence-corrected chi connectivity index (χ2v) is 5.84. The Morgan fingerprint density at radius 3 is 2.71 bits per heavy atom. The summed E-state index contributed by atoms with van der Waals surface area (Å²) in [6.45, 7) is 7.11. The molecule has 2 atom stereocenters. The fourth-order valence-corrected chi connectivity index (χ4v) is 2.75. The molecular formula is C14H19Cl2N5. The molecule has 1 aromatic heterocycles. The van der Waals surface area contributed by atoms with Crippen LogP contribution in [0.5, 0.6) is 0 Å². The standard InChI is InChI=1S/C14H19Cl2N5/c1-4-7-17-9(2)14-18-19-20-21(14)10(3)12-6-5-11(15)8-13(12)16/h5-6,8-10,17H,4,7H2,1-3H3. The Kier molecular flexibility index (Phi) is 5.56. The maximum Gasteiger partial charge on any atom is 0.168 e. The summed E-state index contributed by atoms with van der Waals surface area (Å²) in [5.74, 6) is 0.793. The third kappa shape index (κ3) is 3.73. The van der Waals surface area contributed by atoms with E-state index in [1.165, 1.54) is 0 Å². The average molecular weight is 328 g/mol. The lowest BCUT2D eigenvalue weighted by molar-refractivity contribution is 0.464. The van der Waals surface area contributed by atoms with Crippen LogP contribution in [0.4, 0.5) is 0 Å². The summed E-state index contributed by atoms with van der Waals surface area (Å²) >= 11 is 12.2. The molecule has 0 aliphatic heterocycles. The summed E-state index contributed by atoms with van der Waals surface area (Å²) < 4.78 is 1.79. The van der Waals surface area contributed by atoms with E-state index in [4.69, 9.17) is 23.2 Å². The summed E-state index contributed by atoms with van der Waals surface area (Å²) in [5, 5.41) is 16.7. The fourth-order valence-electron chi connectivity index (χ4n) is 2.19. The minimum absolute atomic E-state index is 0.0642. The highest BCUT2D eigenvalue weighted by Crippen LogP contribution is 2.29. The first-order valence-corrected chi connectivity index (χ1v) is 7.76. The van der Waals surface area contributed by atoms with E-state index in [1.54, 1.807) is 10.7 Å². The van der Waals surface area contributed by atoms with Crippen LogP contribution in [0, 0.1) is 0 Å². The van der Waals surface area contributed by atoms with Gasteiger partial charge in [0.05, 0.1) is 12.1 Å².